The Kier molecular flexibility index (Phi) is 2.38. The van der Waals surface area contributed by atoms with Crippen LogP contribution in [0.5, 0.6) is 0 Å². The molecule has 0 bridgehead atoms. The maximum Gasteiger partial charge on any atom is 0.106 e. The highest BCUT2D eigenvalue weighted by Crippen LogP contribution is 2.24. The molecule has 1 saturated heterocycles. The number of hydrogen-bond acceptors (Lipinski definition) is 3. The fraction of sp³-hybridized carbons (Fsp3) is 0.600. The van der Waals surface area contributed by atoms with Gasteiger partial charge in [0.2, 0.25) is 0 Å². The summed E-state index contributed by atoms with van der Waals surface area (Å²) in [5, 5.41) is 3.30. The highest BCUT2D eigenvalue weighted by molar-refractivity contribution is 5.23. The number of furan rings is 1. The lowest BCUT2D eigenvalue weighted by molar-refractivity contribution is 0.0268. The maximum absolute atomic E-state index is 5.64. The van der Waals surface area contributed by atoms with Crippen molar-refractivity contribution in [3.63, 3.8) is 0 Å². The van der Waals surface area contributed by atoms with E-state index in [9.17, 15) is 0 Å². The fourth-order valence-electron chi connectivity index (χ4n) is 1.74. The van der Waals surface area contributed by atoms with E-state index in [0.717, 1.165) is 31.2 Å². The Morgan fingerprint density at radius 3 is 2.85 bits per heavy atom. The fourth-order valence-corrected chi connectivity index (χ4v) is 1.74. The van der Waals surface area contributed by atoms with Crippen LogP contribution in [0.1, 0.15) is 23.2 Å². The van der Waals surface area contributed by atoms with E-state index in [-0.39, 0.29) is 6.10 Å². The van der Waals surface area contributed by atoms with Gasteiger partial charge in [-0.05, 0) is 19.9 Å². The highest BCUT2D eigenvalue weighted by Gasteiger charge is 2.19. The zero-order valence-electron chi connectivity index (χ0n) is 8.09. The van der Waals surface area contributed by atoms with Crippen molar-refractivity contribution in [2.75, 3.05) is 19.7 Å². The minimum atomic E-state index is 0.172. The van der Waals surface area contributed by atoms with Crippen molar-refractivity contribution in [1.82, 2.24) is 5.32 Å². The number of aryl methyl sites for hydroxylation is 2. The zero-order chi connectivity index (χ0) is 9.26. The predicted molar refractivity (Wildman–Crippen MR) is 49.7 cm³/mol. The lowest BCUT2D eigenvalue weighted by atomic mass is 10.1. The summed E-state index contributed by atoms with van der Waals surface area (Å²) in [6, 6.07) is 2.06. The van der Waals surface area contributed by atoms with Crippen molar-refractivity contribution >= 4 is 0 Å². The van der Waals surface area contributed by atoms with Crippen molar-refractivity contribution in [2.24, 2.45) is 0 Å². The Bertz CT molecular complexity index is 287. The Morgan fingerprint density at radius 1 is 1.46 bits per heavy atom. The van der Waals surface area contributed by atoms with Crippen LogP contribution in [0.4, 0.5) is 0 Å². The van der Waals surface area contributed by atoms with E-state index >= 15 is 0 Å². The van der Waals surface area contributed by atoms with Crippen LogP contribution in [0.3, 0.4) is 0 Å². The van der Waals surface area contributed by atoms with Gasteiger partial charge < -0.3 is 14.5 Å². The predicted octanol–water partition coefficient (Wildman–Crippen LogP) is 1.56. The molecule has 0 aliphatic carbocycles. The quantitative estimate of drug-likeness (QED) is 0.714. The van der Waals surface area contributed by atoms with Crippen LogP contribution in [0, 0.1) is 13.8 Å². The van der Waals surface area contributed by atoms with Gasteiger partial charge in [-0.25, -0.2) is 0 Å². The third-order valence-electron chi connectivity index (χ3n) is 2.35. The molecule has 72 valence electrons. The first-order valence-electron chi connectivity index (χ1n) is 4.66. The van der Waals surface area contributed by atoms with Crippen molar-refractivity contribution in [1.29, 1.82) is 0 Å². The van der Waals surface area contributed by atoms with Crippen LogP contribution < -0.4 is 5.32 Å². The first kappa shape index (κ1) is 8.78. The van der Waals surface area contributed by atoms with Gasteiger partial charge in [0.15, 0.2) is 0 Å². The molecule has 3 nitrogen and oxygen atoms in total. The molecule has 0 amide bonds. The third-order valence-corrected chi connectivity index (χ3v) is 2.35. The molecule has 0 aromatic carbocycles. The highest BCUT2D eigenvalue weighted by atomic mass is 16.5. The first-order valence-corrected chi connectivity index (χ1v) is 4.66. The lowest BCUT2D eigenvalue weighted by Crippen LogP contribution is -2.33. The second-order valence-electron chi connectivity index (χ2n) is 3.43. The molecule has 0 saturated carbocycles. The van der Waals surface area contributed by atoms with E-state index in [2.05, 4.69) is 11.4 Å². The summed E-state index contributed by atoms with van der Waals surface area (Å²) in [5.74, 6) is 1.94. The van der Waals surface area contributed by atoms with E-state index in [1.165, 1.54) is 5.56 Å². The van der Waals surface area contributed by atoms with Crippen molar-refractivity contribution < 1.29 is 9.15 Å². The monoisotopic (exact) mass is 181 g/mol. The SMILES string of the molecule is Cc1cc(C2CNCCO2)c(C)o1. The molecule has 1 unspecified atom stereocenters. The van der Waals surface area contributed by atoms with Crippen LogP contribution in [0.15, 0.2) is 10.5 Å². The summed E-state index contributed by atoms with van der Waals surface area (Å²) >= 11 is 0. The van der Waals surface area contributed by atoms with Gasteiger partial charge in [-0.15, -0.1) is 0 Å². The number of ether oxygens (including phenoxy) is 1. The van der Waals surface area contributed by atoms with Crippen LogP contribution in [0.2, 0.25) is 0 Å². The molecular weight excluding hydrogens is 166 g/mol. The number of rotatable bonds is 1. The minimum absolute atomic E-state index is 0.172. The number of hydrogen-bond donors (Lipinski definition) is 1. The van der Waals surface area contributed by atoms with Crippen molar-refractivity contribution in [3.05, 3.63) is 23.2 Å². The summed E-state index contributed by atoms with van der Waals surface area (Å²) in [6.45, 7) is 6.58. The molecule has 0 spiro atoms. The summed E-state index contributed by atoms with van der Waals surface area (Å²) < 4.78 is 11.1. The van der Waals surface area contributed by atoms with Gasteiger partial charge in [-0.2, -0.15) is 0 Å². The molecule has 1 aliphatic heterocycles. The van der Waals surface area contributed by atoms with E-state index in [1.54, 1.807) is 0 Å². The largest absolute Gasteiger partial charge is 0.466 e. The van der Waals surface area contributed by atoms with Crippen molar-refractivity contribution in [3.8, 4) is 0 Å². The van der Waals surface area contributed by atoms with Crippen LogP contribution in [0.25, 0.3) is 0 Å². The first-order chi connectivity index (χ1) is 6.27. The average molecular weight is 181 g/mol. The van der Waals surface area contributed by atoms with E-state index < -0.39 is 0 Å². The molecule has 1 atom stereocenters. The summed E-state index contributed by atoms with van der Waals surface area (Å²) in [6.07, 6.45) is 0.172. The molecule has 13 heavy (non-hydrogen) atoms. The second kappa shape index (κ2) is 3.52. The smallest absolute Gasteiger partial charge is 0.106 e. The van der Waals surface area contributed by atoms with Gasteiger partial charge in [0.05, 0.1) is 12.7 Å². The van der Waals surface area contributed by atoms with Crippen LogP contribution in [-0.2, 0) is 4.74 Å². The minimum Gasteiger partial charge on any atom is -0.466 e. The molecule has 2 heterocycles. The molecule has 1 N–H and O–H groups in total. The molecule has 1 aromatic heterocycles. The molecular formula is C10H15NO2. The standard InChI is InChI=1S/C10H15NO2/c1-7-5-9(8(2)13-7)10-6-11-3-4-12-10/h5,10-11H,3-4,6H2,1-2H3. The van der Waals surface area contributed by atoms with E-state index in [4.69, 9.17) is 9.15 Å². The molecule has 1 fully saturated rings. The molecule has 2 rings (SSSR count). The Hall–Kier alpha value is -0.800. The Morgan fingerprint density at radius 2 is 2.31 bits per heavy atom. The average Bonchev–Trinajstić information content (AvgIpc) is 2.47. The van der Waals surface area contributed by atoms with Gasteiger partial charge in [0.25, 0.3) is 0 Å². The summed E-state index contributed by atoms with van der Waals surface area (Å²) in [7, 11) is 0. The van der Waals surface area contributed by atoms with Crippen molar-refractivity contribution in [2.45, 2.75) is 20.0 Å². The number of morpholine rings is 1. The zero-order valence-corrected chi connectivity index (χ0v) is 8.09. The van der Waals surface area contributed by atoms with Gasteiger partial charge >= 0.3 is 0 Å². The Balaban J connectivity index is 2.18. The van der Waals surface area contributed by atoms with Gasteiger partial charge in [-0.1, -0.05) is 0 Å². The molecule has 3 heteroatoms. The maximum atomic E-state index is 5.64. The van der Waals surface area contributed by atoms with Crippen LogP contribution >= 0.6 is 0 Å². The topological polar surface area (TPSA) is 34.4 Å². The Labute approximate surface area is 78.1 Å². The second-order valence-corrected chi connectivity index (χ2v) is 3.43. The lowest BCUT2D eigenvalue weighted by Gasteiger charge is -2.23. The molecule has 1 aliphatic rings. The summed E-state index contributed by atoms with van der Waals surface area (Å²) in [5.41, 5.74) is 1.18. The normalized spacial score (nSPS) is 23.4. The molecule has 0 radical (unpaired) electrons. The molecule has 1 aromatic rings. The van der Waals surface area contributed by atoms with Crippen LogP contribution in [-0.4, -0.2) is 19.7 Å². The third kappa shape index (κ3) is 1.76. The van der Waals surface area contributed by atoms with E-state index in [1.807, 2.05) is 13.8 Å². The van der Waals surface area contributed by atoms with E-state index in [0.29, 0.717) is 0 Å². The number of nitrogens with one attached hydrogen (secondary N) is 1. The van der Waals surface area contributed by atoms with Gasteiger partial charge in [0.1, 0.15) is 11.5 Å². The van der Waals surface area contributed by atoms with Gasteiger partial charge in [-0.3, -0.25) is 0 Å². The summed E-state index contributed by atoms with van der Waals surface area (Å²) in [4.78, 5) is 0. The van der Waals surface area contributed by atoms with Gasteiger partial charge in [0, 0.05) is 18.7 Å².